The molecule has 0 radical (unpaired) electrons. The molecule has 0 aromatic carbocycles. The fourth-order valence-corrected chi connectivity index (χ4v) is 2.18. The lowest BCUT2D eigenvalue weighted by molar-refractivity contribution is 0.474. The molecule has 0 aliphatic carbocycles. The Hall–Kier alpha value is -0.900. The molecule has 0 saturated heterocycles. The topological polar surface area (TPSA) is 37.8 Å². The van der Waals surface area contributed by atoms with Crippen molar-refractivity contribution in [3.63, 3.8) is 0 Å². The van der Waals surface area contributed by atoms with Crippen molar-refractivity contribution in [3.8, 4) is 0 Å². The Kier molecular flexibility index (Phi) is 5.62. The van der Waals surface area contributed by atoms with Crippen LogP contribution in [0.5, 0.6) is 0 Å². The molecule has 3 nitrogen and oxygen atoms in total. The van der Waals surface area contributed by atoms with Gasteiger partial charge in [-0.3, -0.25) is 0 Å². The van der Waals surface area contributed by atoms with Crippen molar-refractivity contribution in [1.82, 2.24) is 9.97 Å². The molecule has 96 valence electrons. The molecule has 1 atom stereocenters. The van der Waals surface area contributed by atoms with Gasteiger partial charge in [-0.15, -0.1) is 11.6 Å². The SMILES string of the molecule is CCC(CC)C(Cl)CNc1ncnc(C)c1F. The Morgan fingerprint density at radius 3 is 2.59 bits per heavy atom. The smallest absolute Gasteiger partial charge is 0.186 e. The van der Waals surface area contributed by atoms with Crippen molar-refractivity contribution in [3.05, 3.63) is 17.8 Å². The molecule has 5 heteroatoms. The van der Waals surface area contributed by atoms with E-state index in [1.807, 2.05) is 0 Å². The van der Waals surface area contributed by atoms with Crippen molar-refractivity contribution >= 4 is 17.4 Å². The molecule has 1 aromatic heterocycles. The Morgan fingerprint density at radius 1 is 1.35 bits per heavy atom. The van der Waals surface area contributed by atoms with Gasteiger partial charge in [0, 0.05) is 6.54 Å². The number of hydrogen-bond acceptors (Lipinski definition) is 3. The number of halogens is 2. The van der Waals surface area contributed by atoms with Crippen LogP contribution in [0, 0.1) is 18.7 Å². The summed E-state index contributed by atoms with van der Waals surface area (Å²) in [5.41, 5.74) is 0.344. The first-order chi connectivity index (χ1) is 8.10. The highest BCUT2D eigenvalue weighted by molar-refractivity contribution is 6.21. The molecule has 1 aromatic rings. The second kappa shape index (κ2) is 6.74. The van der Waals surface area contributed by atoms with Gasteiger partial charge in [-0.2, -0.15) is 0 Å². The minimum absolute atomic E-state index is 0.0142. The second-order valence-electron chi connectivity index (χ2n) is 4.10. The molecule has 0 aliphatic heterocycles. The van der Waals surface area contributed by atoms with Crippen molar-refractivity contribution in [2.24, 2.45) is 5.92 Å². The third-order valence-corrected chi connectivity index (χ3v) is 3.50. The molecule has 0 spiro atoms. The van der Waals surface area contributed by atoms with E-state index in [4.69, 9.17) is 11.6 Å². The van der Waals surface area contributed by atoms with E-state index in [1.165, 1.54) is 6.33 Å². The molecule has 0 amide bonds. The number of nitrogens with zero attached hydrogens (tertiary/aromatic N) is 2. The van der Waals surface area contributed by atoms with E-state index in [-0.39, 0.29) is 11.2 Å². The predicted octanol–water partition coefficient (Wildman–Crippen LogP) is 3.38. The zero-order valence-electron chi connectivity index (χ0n) is 10.5. The summed E-state index contributed by atoms with van der Waals surface area (Å²) in [6.07, 6.45) is 3.40. The Bertz CT molecular complexity index is 356. The van der Waals surface area contributed by atoms with Gasteiger partial charge >= 0.3 is 0 Å². The summed E-state index contributed by atoms with van der Waals surface area (Å²) in [7, 11) is 0. The van der Waals surface area contributed by atoms with Crippen LogP contribution in [0.25, 0.3) is 0 Å². The molecule has 0 aliphatic rings. The molecule has 1 N–H and O–H groups in total. The van der Waals surface area contributed by atoms with Crippen molar-refractivity contribution in [2.75, 3.05) is 11.9 Å². The van der Waals surface area contributed by atoms with Gasteiger partial charge in [0.15, 0.2) is 11.6 Å². The lowest BCUT2D eigenvalue weighted by Gasteiger charge is -2.19. The molecule has 0 bridgehead atoms. The first kappa shape index (κ1) is 14.2. The molecular formula is C12H19ClFN3. The van der Waals surface area contributed by atoms with Crippen LogP contribution in [-0.4, -0.2) is 21.9 Å². The van der Waals surface area contributed by atoms with Crippen molar-refractivity contribution in [2.45, 2.75) is 39.0 Å². The summed E-state index contributed by atoms with van der Waals surface area (Å²) < 4.78 is 13.6. The van der Waals surface area contributed by atoms with Gasteiger partial charge in [0.1, 0.15) is 6.33 Å². The molecule has 0 fully saturated rings. The van der Waals surface area contributed by atoms with Gasteiger partial charge in [0.2, 0.25) is 0 Å². The van der Waals surface area contributed by atoms with E-state index in [1.54, 1.807) is 6.92 Å². The van der Waals surface area contributed by atoms with Crippen molar-refractivity contribution in [1.29, 1.82) is 0 Å². The maximum atomic E-state index is 13.6. The Labute approximate surface area is 107 Å². The summed E-state index contributed by atoms with van der Waals surface area (Å²) in [5, 5.41) is 2.93. The van der Waals surface area contributed by atoms with Crippen LogP contribution in [0.15, 0.2) is 6.33 Å². The highest BCUT2D eigenvalue weighted by atomic mass is 35.5. The van der Waals surface area contributed by atoms with E-state index in [0.29, 0.717) is 18.2 Å². The highest BCUT2D eigenvalue weighted by Crippen LogP contribution is 2.19. The van der Waals surface area contributed by atoms with Crippen molar-refractivity contribution < 1.29 is 4.39 Å². The minimum atomic E-state index is -0.402. The first-order valence-corrected chi connectivity index (χ1v) is 6.38. The fraction of sp³-hybridized carbons (Fsp3) is 0.667. The van der Waals surface area contributed by atoms with Gasteiger partial charge in [0.25, 0.3) is 0 Å². The fourth-order valence-electron chi connectivity index (χ4n) is 1.74. The molecular weight excluding hydrogens is 241 g/mol. The van der Waals surface area contributed by atoms with E-state index >= 15 is 0 Å². The average Bonchev–Trinajstić information content (AvgIpc) is 2.32. The summed E-state index contributed by atoms with van der Waals surface area (Å²) in [6.45, 7) is 6.35. The molecule has 1 rings (SSSR count). The van der Waals surface area contributed by atoms with Gasteiger partial charge in [-0.05, 0) is 12.8 Å². The second-order valence-corrected chi connectivity index (χ2v) is 4.66. The van der Waals surface area contributed by atoms with E-state index in [0.717, 1.165) is 12.8 Å². The van der Waals surface area contributed by atoms with Crippen LogP contribution in [0.3, 0.4) is 0 Å². The van der Waals surface area contributed by atoms with E-state index in [2.05, 4.69) is 29.1 Å². The lowest BCUT2D eigenvalue weighted by Crippen LogP contribution is -2.23. The average molecular weight is 260 g/mol. The zero-order valence-corrected chi connectivity index (χ0v) is 11.3. The monoisotopic (exact) mass is 259 g/mol. The third kappa shape index (κ3) is 3.80. The maximum Gasteiger partial charge on any atom is 0.186 e. The molecule has 0 saturated carbocycles. The number of hydrogen-bond donors (Lipinski definition) is 1. The Morgan fingerprint density at radius 2 is 2.00 bits per heavy atom. The quantitative estimate of drug-likeness (QED) is 0.796. The largest absolute Gasteiger partial charge is 0.366 e. The van der Waals surface area contributed by atoms with Crippen LogP contribution < -0.4 is 5.32 Å². The number of aromatic nitrogens is 2. The summed E-state index contributed by atoms with van der Waals surface area (Å²) in [4.78, 5) is 7.64. The number of nitrogens with one attached hydrogen (secondary N) is 1. The Balaban J connectivity index is 2.58. The summed E-state index contributed by atoms with van der Waals surface area (Å²) in [5.74, 6) is 0.269. The van der Waals surface area contributed by atoms with Gasteiger partial charge in [-0.1, -0.05) is 26.7 Å². The van der Waals surface area contributed by atoms with Crippen LogP contribution in [0.4, 0.5) is 10.2 Å². The maximum absolute atomic E-state index is 13.6. The van der Waals surface area contributed by atoms with Crippen LogP contribution in [0.2, 0.25) is 0 Å². The number of aryl methyl sites for hydroxylation is 1. The molecule has 1 heterocycles. The first-order valence-electron chi connectivity index (χ1n) is 5.95. The van der Waals surface area contributed by atoms with Gasteiger partial charge < -0.3 is 5.32 Å². The minimum Gasteiger partial charge on any atom is -0.366 e. The highest BCUT2D eigenvalue weighted by Gasteiger charge is 2.16. The van der Waals surface area contributed by atoms with Crippen LogP contribution >= 0.6 is 11.6 Å². The number of anilines is 1. The third-order valence-electron chi connectivity index (χ3n) is 2.99. The van der Waals surface area contributed by atoms with Crippen LogP contribution in [-0.2, 0) is 0 Å². The predicted molar refractivity (Wildman–Crippen MR) is 68.9 cm³/mol. The van der Waals surface area contributed by atoms with Crippen LogP contribution in [0.1, 0.15) is 32.4 Å². The summed E-state index contributed by atoms with van der Waals surface area (Å²) in [6, 6.07) is 0. The molecule has 1 unspecified atom stereocenters. The number of rotatable bonds is 6. The van der Waals surface area contributed by atoms with E-state index in [9.17, 15) is 4.39 Å². The van der Waals surface area contributed by atoms with Gasteiger partial charge in [-0.25, -0.2) is 14.4 Å². The zero-order chi connectivity index (χ0) is 12.8. The normalized spacial score (nSPS) is 12.8. The van der Waals surface area contributed by atoms with Gasteiger partial charge in [0.05, 0.1) is 11.1 Å². The summed E-state index contributed by atoms with van der Waals surface area (Å²) >= 11 is 6.26. The number of alkyl halides is 1. The lowest BCUT2D eigenvalue weighted by atomic mass is 9.99. The van der Waals surface area contributed by atoms with E-state index < -0.39 is 5.82 Å². The standard InChI is InChI=1S/C12H19ClFN3/c1-4-9(5-2)10(13)6-15-12-11(14)8(3)16-7-17-12/h7,9-10H,4-6H2,1-3H3,(H,15,16,17). The molecule has 17 heavy (non-hydrogen) atoms.